The third-order valence-corrected chi connectivity index (χ3v) is 5.58. The number of methoxy groups -OCH3 is 1. The van der Waals surface area contributed by atoms with Gasteiger partial charge in [-0.15, -0.1) is 0 Å². The van der Waals surface area contributed by atoms with Gasteiger partial charge in [-0.3, -0.25) is 9.59 Å². The number of carbonyl (C=O) groups is 2. The molecule has 170 valence electrons. The van der Waals surface area contributed by atoms with Crippen LogP contribution in [0.1, 0.15) is 33.8 Å². The first-order valence-electron chi connectivity index (χ1n) is 11.1. The van der Waals surface area contributed by atoms with E-state index >= 15 is 0 Å². The van der Waals surface area contributed by atoms with Crippen LogP contribution in [0.3, 0.4) is 0 Å². The average Bonchev–Trinajstić information content (AvgIpc) is 2.89. The molecule has 2 amide bonds. The van der Waals surface area contributed by atoms with Crippen molar-refractivity contribution in [2.24, 2.45) is 0 Å². The third kappa shape index (κ3) is 5.70. The molecule has 0 heterocycles. The summed E-state index contributed by atoms with van der Waals surface area (Å²) in [4.78, 5) is 25.5. The van der Waals surface area contributed by atoms with E-state index < -0.39 is 0 Å². The molecular weight excluding hydrogens is 424 g/mol. The molecule has 0 unspecified atom stereocenters. The summed E-state index contributed by atoms with van der Waals surface area (Å²) in [6.45, 7) is 0. The molecule has 2 N–H and O–H groups in total. The Bertz CT molecular complexity index is 1200. The summed E-state index contributed by atoms with van der Waals surface area (Å²) in [5, 5.41) is 5.80. The van der Waals surface area contributed by atoms with Crippen molar-refractivity contribution in [3.8, 4) is 5.75 Å². The largest absolute Gasteiger partial charge is 0.495 e. The zero-order valence-corrected chi connectivity index (χ0v) is 18.9. The minimum absolute atomic E-state index is 0.0479. The van der Waals surface area contributed by atoms with Crippen molar-refractivity contribution in [2.75, 3.05) is 17.7 Å². The van der Waals surface area contributed by atoms with Gasteiger partial charge >= 0.3 is 0 Å². The lowest BCUT2D eigenvalue weighted by molar-refractivity contribution is -0.116. The maximum absolute atomic E-state index is 12.9. The van der Waals surface area contributed by atoms with Crippen molar-refractivity contribution in [3.05, 3.63) is 126 Å². The molecule has 0 saturated carbocycles. The van der Waals surface area contributed by atoms with Crippen LogP contribution in [0.2, 0.25) is 0 Å². The van der Waals surface area contributed by atoms with E-state index in [4.69, 9.17) is 4.74 Å². The van der Waals surface area contributed by atoms with Gasteiger partial charge in [0.1, 0.15) is 5.75 Å². The van der Waals surface area contributed by atoms with Crippen molar-refractivity contribution in [1.82, 2.24) is 0 Å². The molecule has 0 saturated heterocycles. The molecule has 0 fully saturated rings. The Hall–Kier alpha value is -4.38. The normalized spacial score (nSPS) is 10.5. The predicted molar refractivity (Wildman–Crippen MR) is 135 cm³/mol. The van der Waals surface area contributed by atoms with E-state index in [1.807, 2.05) is 72.8 Å². The van der Waals surface area contributed by atoms with Crippen LogP contribution in [0, 0.1) is 0 Å². The minimum Gasteiger partial charge on any atom is -0.495 e. The topological polar surface area (TPSA) is 67.4 Å². The highest BCUT2D eigenvalue weighted by Crippen LogP contribution is 2.28. The van der Waals surface area contributed by atoms with Crippen LogP contribution in [0.15, 0.2) is 109 Å². The first kappa shape index (κ1) is 22.8. The van der Waals surface area contributed by atoms with E-state index in [1.165, 1.54) is 0 Å². The summed E-state index contributed by atoms with van der Waals surface area (Å²) in [7, 11) is 1.56. The van der Waals surface area contributed by atoms with Crippen molar-refractivity contribution in [2.45, 2.75) is 12.3 Å². The van der Waals surface area contributed by atoms with Gasteiger partial charge in [-0.1, -0.05) is 72.8 Å². The van der Waals surface area contributed by atoms with E-state index in [9.17, 15) is 9.59 Å². The van der Waals surface area contributed by atoms with Crippen LogP contribution in [0.4, 0.5) is 11.4 Å². The number of anilines is 2. The predicted octanol–water partition coefficient (Wildman–Crippen LogP) is 6.11. The Balaban J connectivity index is 1.42. The molecule has 0 aliphatic rings. The Kier molecular flexibility index (Phi) is 7.35. The molecule has 4 aromatic rings. The summed E-state index contributed by atoms with van der Waals surface area (Å²) in [5.74, 6) is 0.193. The van der Waals surface area contributed by atoms with Crippen molar-refractivity contribution >= 4 is 23.2 Å². The lowest BCUT2D eigenvalue weighted by Gasteiger charge is -2.18. The fourth-order valence-electron chi connectivity index (χ4n) is 3.84. The number of rotatable bonds is 8. The Morgan fingerprint density at radius 2 is 1.26 bits per heavy atom. The van der Waals surface area contributed by atoms with Crippen molar-refractivity contribution in [1.29, 1.82) is 0 Å². The standard InChI is InChI=1S/C29H26N2O3/c1-34-27-15-9-8-14-26(27)31-29(33)23-16-18-24(19-17-23)30-28(32)20-25(21-10-4-2-5-11-21)22-12-6-3-7-13-22/h2-19,25H,20H2,1H3,(H,30,32)(H,31,33). The number of nitrogens with one attached hydrogen (secondary N) is 2. The minimum atomic E-state index is -0.254. The van der Waals surface area contributed by atoms with Crippen molar-refractivity contribution in [3.63, 3.8) is 0 Å². The molecule has 0 aliphatic heterocycles. The molecule has 4 rings (SSSR count). The zero-order chi connectivity index (χ0) is 23.8. The van der Waals surface area contributed by atoms with Crippen LogP contribution >= 0.6 is 0 Å². The number of hydrogen-bond acceptors (Lipinski definition) is 3. The second-order valence-electron chi connectivity index (χ2n) is 7.86. The number of ether oxygens (including phenoxy) is 1. The summed E-state index contributed by atoms with van der Waals surface area (Å²) in [6, 6.07) is 34.1. The molecule has 4 aromatic carbocycles. The van der Waals surface area contributed by atoms with E-state index in [2.05, 4.69) is 10.6 Å². The van der Waals surface area contributed by atoms with E-state index in [1.54, 1.807) is 43.5 Å². The smallest absolute Gasteiger partial charge is 0.255 e. The highest BCUT2D eigenvalue weighted by atomic mass is 16.5. The van der Waals surface area contributed by atoms with Gasteiger partial charge in [0.25, 0.3) is 5.91 Å². The van der Waals surface area contributed by atoms with Crippen LogP contribution in [0.25, 0.3) is 0 Å². The monoisotopic (exact) mass is 450 g/mol. The average molecular weight is 451 g/mol. The molecule has 34 heavy (non-hydrogen) atoms. The first-order chi connectivity index (χ1) is 16.6. The molecule has 0 radical (unpaired) electrons. The number of para-hydroxylation sites is 2. The Morgan fingerprint density at radius 3 is 1.85 bits per heavy atom. The molecule has 0 spiro atoms. The zero-order valence-electron chi connectivity index (χ0n) is 18.9. The van der Waals surface area contributed by atoms with Gasteiger partial charge in [-0.05, 0) is 47.5 Å². The first-order valence-corrected chi connectivity index (χ1v) is 11.1. The Labute approximate surface area is 199 Å². The quantitative estimate of drug-likeness (QED) is 0.340. The van der Waals surface area contributed by atoms with Gasteiger partial charge < -0.3 is 15.4 Å². The third-order valence-electron chi connectivity index (χ3n) is 5.58. The van der Waals surface area contributed by atoms with Crippen LogP contribution < -0.4 is 15.4 Å². The highest BCUT2D eigenvalue weighted by molar-refractivity contribution is 6.05. The van der Waals surface area contributed by atoms with Gasteiger partial charge in [0, 0.05) is 23.6 Å². The van der Waals surface area contributed by atoms with E-state index in [0.29, 0.717) is 29.1 Å². The second-order valence-corrected chi connectivity index (χ2v) is 7.86. The lowest BCUT2D eigenvalue weighted by atomic mass is 9.88. The molecule has 5 heteroatoms. The second kappa shape index (κ2) is 11.0. The fraction of sp³-hybridized carbons (Fsp3) is 0.103. The fourth-order valence-corrected chi connectivity index (χ4v) is 3.84. The number of benzene rings is 4. The SMILES string of the molecule is COc1ccccc1NC(=O)c1ccc(NC(=O)CC(c2ccccc2)c2ccccc2)cc1. The van der Waals surface area contributed by atoms with Crippen LogP contribution in [0.5, 0.6) is 5.75 Å². The van der Waals surface area contributed by atoms with E-state index in [-0.39, 0.29) is 17.7 Å². The van der Waals surface area contributed by atoms with Crippen LogP contribution in [-0.4, -0.2) is 18.9 Å². The molecule has 0 aromatic heterocycles. The summed E-state index contributed by atoms with van der Waals surface area (Å²) in [6.07, 6.45) is 0.310. The van der Waals surface area contributed by atoms with Gasteiger partial charge in [-0.2, -0.15) is 0 Å². The molecule has 5 nitrogen and oxygen atoms in total. The maximum atomic E-state index is 12.9. The van der Waals surface area contributed by atoms with Crippen molar-refractivity contribution < 1.29 is 14.3 Å². The van der Waals surface area contributed by atoms with Gasteiger partial charge in [0.15, 0.2) is 0 Å². The maximum Gasteiger partial charge on any atom is 0.255 e. The van der Waals surface area contributed by atoms with Crippen LogP contribution in [-0.2, 0) is 4.79 Å². The molecule has 0 bridgehead atoms. The number of amides is 2. The summed E-state index contributed by atoms with van der Waals surface area (Å²) < 4.78 is 5.28. The van der Waals surface area contributed by atoms with Gasteiger partial charge in [0.05, 0.1) is 12.8 Å². The van der Waals surface area contributed by atoms with Gasteiger partial charge in [0.2, 0.25) is 5.91 Å². The molecular formula is C29H26N2O3. The van der Waals surface area contributed by atoms with Gasteiger partial charge in [-0.25, -0.2) is 0 Å². The van der Waals surface area contributed by atoms with E-state index in [0.717, 1.165) is 11.1 Å². The highest BCUT2D eigenvalue weighted by Gasteiger charge is 2.18. The molecule has 0 aliphatic carbocycles. The number of hydrogen-bond donors (Lipinski definition) is 2. The number of carbonyl (C=O) groups excluding carboxylic acids is 2. The Morgan fingerprint density at radius 1 is 0.706 bits per heavy atom. The lowest BCUT2D eigenvalue weighted by Crippen LogP contribution is -2.17. The summed E-state index contributed by atoms with van der Waals surface area (Å²) >= 11 is 0. The summed E-state index contributed by atoms with van der Waals surface area (Å²) in [5.41, 5.74) is 3.90. The molecule has 0 atom stereocenters.